The number of hydrogen-bond acceptors (Lipinski definition) is 5. The van der Waals surface area contributed by atoms with Gasteiger partial charge in [0.15, 0.2) is 5.78 Å². The van der Waals surface area contributed by atoms with E-state index in [1.165, 1.54) is 0 Å². The van der Waals surface area contributed by atoms with Gasteiger partial charge in [0.25, 0.3) is 0 Å². The van der Waals surface area contributed by atoms with Crippen LogP contribution in [-0.2, 0) is 14.4 Å². The van der Waals surface area contributed by atoms with E-state index in [1.54, 1.807) is 0 Å². The summed E-state index contributed by atoms with van der Waals surface area (Å²) in [5.74, 6) is -1.73. The molecule has 0 rings (SSSR count). The standard InChI is InChI=1S/C19H37N3O4/c1-3-5-7-9-15(20)11-17(23)13-22(14-19(25)26)18(24)12-16(21)10-8-6-4-2/h15-16H,3-14,20-21H2,1-2H3,(H,25,26)/t15-,16-/m0/s1. The maximum atomic E-state index is 12.4. The number of carboxylic acid groups (broad SMARTS) is 1. The lowest BCUT2D eigenvalue weighted by Gasteiger charge is -2.22. The van der Waals surface area contributed by atoms with Gasteiger partial charge in [-0.05, 0) is 12.8 Å². The molecule has 0 fully saturated rings. The number of carbonyl (C=O) groups is 3. The van der Waals surface area contributed by atoms with E-state index in [0.717, 1.165) is 56.3 Å². The molecule has 0 aromatic heterocycles. The minimum Gasteiger partial charge on any atom is -0.480 e. The molecule has 26 heavy (non-hydrogen) atoms. The van der Waals surface area contributed by atoms with E-state index in [2.05, 4.69) is 13.8 Å². The van der Waals surface area contributed by atoms with Crippen molar-refractivity contribution in [1.29, 1.82) is 0 Å². The van der Waals surface area contributed by atoms with Crippen LogP contribution >= 0.6 is 0 Å². The van der Waals surface area contributed by atoms with E-state index >= 15 is 0 Å². The Labute approximate surface area is 157 Å². The normalized spacial score (nSPS) is 13.2. The molecule has 2 atom stereocenters. The van der Waals surface area contributed by atoms with Crippen LogP contribution in [-0.4, -0.2) is 52.8 Å². The minimum absolute atomic E-state index is 0.0623. The molecule has 1 amide bonds. The number of nitrogens with two attached hydrogens (primary N) is 2. The summed E-state index contributed by atoms with van der Waals surface area (Å²) in [5.41, 5.74) is 11.9. The molecule has 0 heterocycles. The summed E-state index contributed by atoms with van der Waals surface area (Å²) < 4.78 is 0. The topological polar surface area (TPSA) is 127 Å². The number of carbonyl (C=O) groups excluding carboxylic acids is 2. The van der Waals surface area contributed by atoms with Crippen molar-refractivity contribution in [2.24, 2.45) is 11.5 Å². The van der Waals surface area contributed by atoms with Crippen LogP contribution in [0.3, 0.4) is 0 Å². The van der Waals surface area contributed by atoms with Crippen molar-refractivity contribution in [2.45, 2.75) is 90.1 Å². The zero-order valence-corrected chi connectivity index (χ0v) is 16.4. The molecule has 0 aliphatic rings. The summed E-state index contributed by atoms with van der Waals surface area (Å²) in [4.78, 5) is 36.6. The maximum Gasteiger partial charge on any atom is 0.323 e. The number of unbranched alkanes of at least 4 members (excludes halogenated alkanes) is 4. The van der Waals surface area contributed by atoms with Gasteiger partial charge >= 0.3 is 5.97 Å². The number of nitrogens with zero attached hydrogens (tertiary/aromatic N) is 1. The zero-order chi connectivity index (χ0) is 19.9. The molecule has 0 saturated heterocycles. The first kappa shape index (κ1) is 24.5. The summed E-state index contributed by atoms with van der Waals surface area (Å²) in [6.07, 6.45) is 7.88. The molecular formula is C19H37N3O4. The Hall–Kier alpha value is -1.47. The van der Waals surface area contributed by atoms with Crippen molar-refractivity contribution in [3.63, 3.8) is 0 Å². The Bertz CT molecular complexity index is 429. The lowest BCUT2D eigenvalue weighted by atomic mass is 10.0. The molecule has 0 bridgehead atoms. The summed E-state index contributed by atoms with van der Waals surface area (Å²) in [5, 5.41) is 9.02. The Morgan fingerprint density at radius 1 is 0.846 bits per heavy atom. The number of carboxylic acids is 1. The van der Waals surface area contributed by atoms with Gasteiger partial charge in [0.05, 0.1) is 6.54 Å². The van der Waals surface area contributed by atoms with Gasteiger partial charge in [0.2, 0.25) is 5.91 Å². The molecule has 0 unspecified atom stereocenters. The van der Waals surface area contributed by atoms with Gasteiger partial charge in [-0.3, -0.25) is 14.4 Å². The van der Waals surface area contributed by atoms with Crippen LogP contribution in [0.1, 0.15) is 78.1 Å². The van der Waals surface area contributed by atoms with Gasteiger partial charge in [-0.15, -0.1) is 0 Å². The molecule has 7 heteroatoms. The highest BCUT2D eigenvalue weighted by Crippen LogP contribution is 2.09. The Kier molecular flexibility index (Phi) is 13.8. The molecule has 5 N–H and O–H groups in total. The first-order valence-corrected chi connectivity index (χ1v) is 9.82. The Balaban J connectivity index is 4.50. The van der Waals surface area contributed by atoms with Gasteiger partial charge in [-0.1, -0.05) is 52.4 Å². The zero-order valence-electron chi connectivity index (χ0n) is 16.4. The maximum absolute atomic E-state index is 12.4. The fourth-order valence-corrected chi connectivity index (χ4v) is 2.84. The second-order valence-electron chi connectivity index (χ2n) is 7.10. The van der Waals surface area contributed by atoms with Crippen molar-refractivity contribution in [3.05, 3.63) is 0 Å². The third-order valence-electron chi connectivity index (χ3n) is 4.33. The van der Waals surface area contributed by atoms with Gasteiger partial charge in [0, 0.05) is 24.9 Å². The SMILES string of the molecule is CCCCC[C@H](N)CC(=O)CN(CC(=O)O)C(=O)C[C@@H](N)CCCCC. The summed E-state index contributed by atoms with van der Waals surface area (Å²) in [6, 6.07) is -0.552. The summed E-state index contributed by atoms with van der Waals surface area (Å²) in [6.45, 7) is 3.48. The molecule has 0 aromatic rings. The van der Waals surface area contributed by atoms with Crippen LogP contribution in [0.5, 0.6) is 0 Å². The number of amides is 1. The van der Waals surface area contributed by atoms with E-state index in [4.69, 9.17) is 16.6 Å². The minimum atomic E-state index is -1.14. The van der Waals surface area contributed by atoms with Crippen LogP contribution in [0.4, 0.5) is 0 Å². The number of hydrogen-bond donors (Lipinski definition) is 3. The number of rotatable bonds is 16. The first-order chi connectivity index (χ1) is 12.3. The van der Waals surface area contributed by atoms with E-state index in [-0.39, 0.29) is 43.2 Å². The fourth-order valence-electron chi connectivity index (χ4n) is 2.84. The van der Waals surface area contributed by atoms with Crippen LogP contribution in [0.25, 0.3) is 0 Å². The summed E-state index contributed by atoms with van der Waals surface area (Å²) in [7, 11) is 0. The molecular weight excluding hydrogens is 334 g/mol. The van der Waals surface area contributed by atoms with E-state index in [1.807, 2.05) is 0 Å². The van der Waals surface area contributed by atoms with Crippen molar-refractivity contribution in [1.82, 2.24) is 4.90 Å². The smallest absolute Gasteiger partial charge is 0.323 e. The van der Waals surface area contributed by atoms with Crippen molar-refractivity contribution >= 4 is 17.7 Å². The quantitative estimate of drug-likeness (QED) is 0.356. The lowest BCUT2D eigenvalue weighted by molar-refractivity contribution is -0.145. The van der Waals surface area contributed by atoms with E-state index < -0.39 is 12.5 Å². The molecule has 0 spiro atoms. The Morgan fingerprint density at radius 2 is 1.35 bits per heavy atom. The molecule has 0 saturated carbocycles. The molecule has 0 aromatic carbocycles. The molecule has 0 aliphatic carbocycles. The van der Waals surface area contributed by atoms with Gasteiger partial charge in [-0.25, -0.2) is 0 Å². The molecule has 0 radical (unpaired) electrons. The molecule has 7 nitrogen and oxygen atoms in total. The fraction of sp³-hybridized carbons (Fsp3) is 0.842. The van der Waals surface area contributed by atoms with Crippen LogP contribution < -0.4 is 11.5 Å². The number of aliphatic carboxylic acids is 1. The predicted octanol–water partition coefficient (Wildman–Crippen LogP) is 2.06. The van der Waals surface area contributed by atoms with Gasteiger partial charge in [-0.2, -0.15) is 0 Å². The van der Waals surface area contributed by atoms with E-state index in [9.17, 15) is 14.4 Å². The van der Waals surface area contributed by atoms with Gasteiger partial charge in [0.1, 0.15) is 6.54 Å². The van der Waals surface area contributed by atoms with Crippen LogP contribution in [0.2, 0.25) is 0 Å². The number of ketones is 1. The third kappa shape index (κ3) is 12.8. The molecule has 0 aliphatic heterocycles. The highest BCUT2D eigenvalue weighted by molar-refractivity contribution is 5.88. The van der Waals surface area contributed by atoms with Crippen molar-refractivity contribution in [3.8, 4) is 0 Å². The highest BCUT2D eigenvalue weighted by Gasteiger charge is 2.22. The second-order valence-corrected chi connectivity index (χ2v) is 7.10. The largest absolute Gasteiger partial charge is 0.480 e. The summed E-state index contributed by atoms with van der Waals surface area (Å²) >= 11 is 0. The predicted molar refractivity (Wildman–Crippen MR) is 103 cm³/mol. The third-order valence-corrected chi connectivity index (χ3v) is 4.33. The first-order valence-electron chi connectivity index (χ1n) is 9.82. The monoisotopic (exact) mass is 371 g/mol. The average molecular weight is 372 g/mol. The molecule has 152 valence electrons. The van der Waals surface area contributed by atoms with Crippen LogP contribution in [0, 0.1) is 0 Å². The van der Waals surface area contributed by atoms with Crippen molar-refractivity contribution in [2.75, 3.05) is 13.1 Å². The Morgan fingerprint density at radius 3 is 1.81 bits per heavy atom. The number of Topliss-reactive ketones (excluding diaryl/α,β-unsaturated/α-hetero) is 1. The highest BCUT2D eigenvalue weighted by atomic mass is 16.4. The van der Waals surface area contributed by atoms with Crippen molar-refractivity contribution < 1.29 is 19.5 Å². The van der Waals surface area contributed by atoms with Crippen LogP contribution in [0.15, 0.2) is 0 Å². The lowest BCUT2D eigenvalue weighted by Crippen LogP contribution is -2.42. The second kappa shape index (κ2) is 14.7. The van der Waals surface area contributed by atoms with E-state index in [0.29, 0.717) is 0 Å². The average Bonchev–Trinajstić information content (AvgIpc) is 2.54. The van der Waals surface area contributed by atoms with Gasteiger partial charge < -0.3 is 21.5 Å².